The summed E-state index contributed by atoms with van der Waals surface area (Å²) in [6.45, 7) is 1.82. The minimum Gasteiger partial charge on any atom is -0.341 e. The van der Waals surface area contributed by atoms with Crippen LogP contribution in [0.4, 0.5) is 0 Å². The number of hydrogen-bond acceptors (Lipinski definition) is 2. The van der Waals surface area contributed by atoms with Gasteiger partial charge in [-0.05, 0) is 42.0 Å². The first-order valence-corrected chi connectivity index (χ1v) is 8.79. The molecule has 0 spiro atoms. The molecule has 2 saturated heterocycles. The van der Waals surface area contributed by atoms with E-state index in [4.69, 9.17) is 0 Å². The molecule has 2 aromatic rings. The van der Waals surface area contributed by atoms with Gasteiger partial charge in [0.1, 0.15) is 0 Å². The molecule has 2 aromatic carbocycles. The number of amides is 1. The molecule has 4 rings (SSSR count). The van der Waals surface area contributed by atoms with E-state index < -0.39 is 0 Å². The summed E-state index contributed by atoms with van der Waals surface area (Å²) in [5, 5.41) is 6.16. The van der Waals surface area contributed by atoms with E-state index in [1.807, 2.05) is 0 Å². The van der Waals surface area contributed by atoms with Crippen LogP contribution in [0.1, 0.15) is 31.2 Å². The second kappa shape index (κ2) is 7.54. The molecule has 2 aliphatic rings. The third kappa shape index (κ3) is 3.73. The maximum absolute atomic E-state index is 12.6. The molecule has 0 saturated carbocycles. The van der Waals surface area contributed by atoms with E-state index in [0.717, 1.165) is 25.9 Å². The number of carbonyl (C=O) groups excluding carboxylic acids is 1. The van der Waals surface area contributed by atoms with Gasteiger partial charge in [-0.15, -0.1) is 12.4 Å². The lowest BCUT2D eigenvalue weighted by atomic mass is 10.0. The normalized spacial score (nSPS) is 22.9. The Hall–Kier alpha value is -1.58. The van der Waals surface area contributed by atoms with Crippen molar-refractivity contribution in [3.63, 3.8) is 0 Å². The van der Waals surface area contributed by atoms with E-state index >= 15 is 0 Å². The zero-order valence-corrected chi connectivity index (χ0v) is 14.7. The highest BCUT2D eigenvalue weighted by Crippen LogP contribution is 2.21. The molecule has 0 radical (unpaired) electrons. The van der Waals surface area contributed by atoms with E-state index in [9.17, 15) is 4.79 Å². The average Bonchev–Trinajstić information content (AvgIpc) is 2.91. The van der Waals surface area contributed by atoms with Crippen molar-refractivity contribution in [1.29, 1.82) is 0 Å². The number of benzene rings is 2. The molecule has 24 heavy (non-hydrogen) atoms. The van der Waals surface area contributed by atoms with Crippen molar-refractivity contribution >= 4 is 29.1 Å². The van der Waals surface area contributed by atoms with Crippen molar-refractivity contribution in [2.24, 2.45) is 0 Å². The van der Waals surface area contributed by atoms with Gasteiger partial charge in [0.25, 0.3) is 0 Å². The Morgan fingerprint density at radius 3 is 2.71 bits per heavy atom. The summed E-state index contributed by atoms with van der Waals surface area (Å²) < 4.78 is 0. The van der Waals surface area contributed by atoms with Gasteiger partial charge in [0.05, 0.1) is 0 Å². The van der Waals surface area contributed by atoms with Crippen LogP contribution in [0.2, 0.25) is 0 Å². The molecule has 3 nitrogen and oxygen atoms in total. The van der Waals surface area contributed by atoms with Crippen LogP contribution in [0.5, 0.6) is 0 Å². The maximum Gasteiger partial charge on any atom is 0.222 e. The van der Waals surface area contributed by atoms with Crippen LogP contribution in [-0.4, -0.2) is 36.0 Å². The lowest BCUT2D eigenvalue weighted by Crippen LogP contribution is -2.39. The van der Waals surface area contributed by atoms with Gasteiger partial charge in [0, 0.05) is 31.6 Å². The monoisotopic (exact) mass is 344 g/mol. The Labute approximate surface area is 149 Å². The Bertz CT molecular complexity index is 718. The molecule has 1 amide bonds. The maximum atomic E-state index is 12.6. The van der Waals surface area contributed by atoms with Crippen molar-refractivity contribution in [3.05, 3.63) is 48.0 Å². The fourth-order valence-electron chi connectivity index (χ4n) is 3.97. The highest BCUT2D eigenvalue weighted by Gasteiger charge is 2.30. The Morgan fingerprint density at radius 1 is 1.04 bits per heavy atom. The molecular weight excluding hydrogens is 320 g/mol. The standard InChI is InChI=1S/C20H24N2O.ClH/c23-20(22-12-11-18-8-9-19(14-22)21-18)10-6-15-5-7-16-3-1-2-4-17(16)13-15;/h1-5,7,13,18-19,21H,6,8-12,14H2;1H. The Morgan fingerprint density at radius 2 is 1.83 bits per heavy atom. The summed E-state index contributed by atoms with van der Waals surface area (Å²) in [4.78, 5) is 14.6. The molecule has 128 valence electrons. The van der Waals surface area contributed by atoms with Gasteiger partial charge >= 0.3 is 0 Å². The van der Waals surface area contributed by atoms with Crippen molar-refractivity contribution < 1.29 is 4.79 Å². The van der Waals surface area contributed by atoms with Crippen LogP contribution in [0, 0.1) is 0 Å². The molecule has 2 fully saturated rings. The fraction of sp³-hybridized carbons (Fsp3) is 0.450. The number of carbonyl (C=O) groups is 1. The number of aryl methyl sites for hydroxylation is 1. The predicted octanol–water partition coefficient (Wildman–Crippen LogP) is 3.55. The molecule has 0 aromatic heterocycles. The quantitative estimate of drug-likeness (QED) is 0.923. The highest BCUT2D eigenvalue weighted by molar-refractivity contribution is 5.85. The zero-order valence-electron chi connectivity index (χ0n) is 13.9. The average molecular weight is 345 g/mol. The summed E-state index contributed by atoms with van der Waals surface area (Å²) in [7, 11) is 0. The van der Waals surface area contributed by atoms with Crippen LogP contribution in [-0.2, 0) is 11.2 Å². The number of rotatable bonds is 3. The van der Waals surface area contributed by atoms with Gasteiger partial charge in [-0.2, -0.15) is 0 Å². The number of nitrogens with one attached hydrogen (secondary N) is 1. The molecule has 2 heterocycles. The summed E-state index contributed by atoms with van der Waals surface area (Å²) >= 11 is 0. The summed E-state index contributed by atoms with van der Waals surface area (Å²) in [5.41, 5.74) is 1.26. The first-order chi connectivity index (χ1) is 11.3. The smallest absolute Gasteiger partial charge is 0.222 e. The summed E-state index contributed by atoms with van der Waals surface area (Å²) in [6.07, 6.45) is 5.07. The van der Waals surface area contributed by atoms with Gasteiger partial charge in [-0.3, -0.25) is 4.79 Å². The highest BCUT2D eigenvalue weighted by atomic mass is 35.5. The van der Waals surface area contributed by atoms with E-state index in [-0.39, 0.29) is 12.4 Å². The second-order valence-corrected chi connectivity index (χ2v) is 6.95. The lowest BCUT2D eigenvalue weighted by Gasteiger charge is -2.24. The zero-order chi connectivity index (χ0) is 15.6. The van der Waals surface area contributed by atoms with Gasteiger partial charge in [-0.1, -0.05) is 42.5 Å². The fourth-order valence-corrected chi connectivity index (χ4v) is 3.97. The van der Waals surface area contributed by atoms with Gasteiger partial charge in [0.15, 0.2) is 0 Å². The van der Waals surface area contributed by atoms with Gasteiger partial charge in [-0.25, -0.2) is 0 Å². The van der Waals surface area contributed by atoms with Gasteiger partial charge < -0.3 is 10.2 Å². The van der Waals surface area contributed by atoms with Crippen molar-refractivity contribution in [2.45, 2.75) is 44.2 Å². The summed E-state index contributed by atoms with van der Waals surface area (Å²) in [6, 6.07) is 16.1. The molecule has 2 atom stereocenters. The SMILES string of the molecule is Cl.O=C(CCc1ccc2ccccc2c1)N1CCC2CCC(C1)N2. The van der Waals surface area contributed by atoms with Crippen LogP contribution in [0.15, 0.2) is 42.5 Å². The van der Waals surface area contributed by atoms with Crippen molar-refractivity contribution in [2.75, 3.05) is 13.1 Å². The molecule has 1 N–H and O–H groups in total. The minimum absolute atomic E-state index is 0. The Balaban J connectivity index is 0.00000169. The number of halogens is 1. The number of likely N-dealkylation sites (tertiary alicyclic amines) is 1. The third-order valence-corrected chi connectivity index (χ3v) is 5.32. The lowest BCUT2D eigenvalue weighted by molar-refractivity contribution is -0.131. The third-order valence-electron chi connectivity index (χ3n) is 5.32. The first kappa shape index (κ1) is 17.2. The van der Waals surface area contributed by atoms with Crippen LogP contribution in [0.3, 0.4) is 0 Å². The van der Waals surface area contributed by atoms with Gasteiger partial charge in [0.2, 0.25) is 5.91 Å². The van der Waals surface area contributed by atoms with Crippen LogP contribution < -0.4 is 5.32 Å². The van der Waals surface area contributed by atoms with E-state index in [2.05, 4.69) is 52.7 Å². The van der Waals surface area contributed by atoms with E-state index in [1.165, 1.54) is 29.2 Å². The number of nitrogens with zero attached hydrogens (tertiary/aromatic N) is 1. The molecule has 4 heteroatoms. The van der Waals surface area contributed by atoms with E-state index in [0.29, 0.717) is 24.4 Å². The Kier molecular flexibility index (Phi) is 5.42. The molecule has 2 unspecified atom stereocenters. The van der Waals surface area contributed by atoms with Crippen molar-refractivity contribution in [3.8, 4) is 0 Å². The largest absolute Gasteiger partial charge is 0.341 e. The predicted molar refractivity (Wildman–Crippen MR) is 101 cm³/mol. The number of fused-ring (bicyclic) bond motifs is 3. The molecular formula is C20H25ClN2O. The minimum atomic E-state index is 0. The number of hydrogen-bond donors (Lipinski definition) is 1. The van der Waals surface area contributed by atoms with Crippen molar-refractivity contribution in [1.82, 2.24) is 10.2 Å². The van der Waals surface area contributed by atoms with Crippen LogP contribution in [0.25, 0.3) is 10.8 Å². The van der Waals surface area contributed by atoms with E-state index in [1.54, 1.807) is 0 Å². The second-order valence-electron chi connectivity index (χ2n) is 6.95. The summed E-state index contributed by atoms with van der Waals surface area (Å²) in [5.74, 6) is 0.313. The molecule has 2 bridgehead atoms. The topological polar surface area (TPSA) is 32.3 Å². The first-order valence-electron chi connectivity index (χ1n) is 8.79. The molecule has 0 aliphatic carbocycles. The molecule has 2 aliphatic heterocycles. The van der Waals surface area contributed by atoms with Crippen LogP contribution >= 0.6 is 12.4 Å².